The molecule has 2 rings (SSSR count). The lowest BCUT2D eigenvalue weighted by atomic mass is 10.0. The maximum atomic E-state index is 6.28. The van der Waals surface area contributed by atoms with E-state index in [9.17, 15) is 0 Å². The predicted molar refractivity (Wildman–Crippen MR) is 86.8 cm³/mol. The van der Waals surface area contributed by atoms with Gasteiger partial charge in [0.2, 0.25) is 0 Å². The van der Waals surface area contributed by atoms with Crippen LogP contribution in [-0.2, 0) is 6.54 Å². The zero-order valence-corrected chi connectivity index (χ0v) is 13.6. The fraction of sp³-hybridized carbons (Fsp3) is 0.400. The van der Waals surface area contributed by atoms with Crippen LogP contribution in [0.15, 0.2) is 22.7 Å². The molecule has 6 heteroatoms. The Kier molecular flexibility index (Phi) is 5.65. The van der Waals surface area contributed by atoms with Gasteiger partial charge in [0.15, 0.2) is 0 Å². The van der Waals surface area contributed by atoms with Crippen LogP contribution < -0.4 is 11.1 Å². The molecular weight excluding hydrogens is 309 g/mol. The highest BCUT2D eigenvalue weighted by Crippen LogP contribution is 2.38. The third-order valence-electron chi connectivity index (χ3n) is 3.17. The molecular formula is C15H19Cl2N3O. The van der Waals surface area contributed by atoms with Crippen LogP contribution in [0.25, 0.3) is 11.3 Å². The van der Waals surface area contributed by atoms with E-state index in [-0.39, 0.29) is 5.92 Å². The third-order valence-corrected chi connectivity index (χ3v) is 3.80. The molecule has 1 aromatic heterocycles. The Balaban J connectivity index is 2.48. The number of rotatable bonds is 6. The fourth-order valence-electron chi connectivity index (χ4n) is 2.18. The maximum absolute atomic E-state index is 6.28. The summed E-state index contributed by atoms with van der Waals surface area (Å²) in [7, 11) is 0. The molecule has 114 valence electrons. The molecule has 21 heavy (non-hydrogen) atoms. The minimum absolute atomic E-state index is 0.224. The van der Waals surface area contributed by atoms with Crippen LogP contribution in [0.4, 0.5) is 0 Å². The molecule has 1 heterocycles. The molecule has 4 nitrogen and oxygen atoms in total. The monoisotopic (exact) mass is 327 g/mol. The molecule has 0 fully saturated rings. The molecule has 0 aliphatic heterocycles. The lowest BCUT2D eigenvalue weighted by molar-refractivity contribution is 0.370. The van der Waals surface area contributed by atoms with Gasteiger partial charge in [-0.3, -0.25) is 0 Å². The molecule has 0 saturated carbocycles. The lowest BCUT2D eigenvalue weighted by Gasteiger charge is -2.09. The van der Waals surface area contributed by atoms with Crippen molar-refractivity contribution in [3.05, 3.63) is 39.6 Å². The van der Waals surface area contributed by atoms with E-state index in [2.05, 4.69) is 24.3 Å². The second-order valence-corrected chi connectivity index (χ2v) is 5.91. The Morgan fingerprint density at radius 1 is 1.29 bits per heavy atom. The number of aromatic nitrogens is 1. The van der Waals surface area contributed by atoms with Crippen LogP contribution >= 0.6 is 23.2 Å². The summed E-state index contributed by atoms with van der Waals surface area (Å²) in [6.07, 6.45) is 0. The highest BCUT2D eigenvalue weighted by molar-refractivity contribution is 6.39. The van der Waals surface area contributed by atoms with Crippen molar-refractivity contribution in [3.63, 3.8) is 0 Å². The minimum Gasteiger partial charge on any atom is -0.360 e. The van der Waals surface area contributed by atoms with Crippen LogP contribution in [0.1, 0.15) is 31.1 Å². The zero-order chi connectivity index (χ0) is 15.4. The Morgan fingerprint density at radius 3 is 2.52 bits per heavy atom. The van der Waals surface area contributed by atoms with Crippen molar-refractivity contribution in [2.24, 2.45) is 5.73 Å². The van der Waals surface area contributed by atoms with Crippen LogP contribution in [-0.4, -0.2) is 18.2 Å². The summed E-state index contributed by atoms with van der Waals surface area (Å²) < 4.78 is 5.51. The molecule has 0 atom stereocenters. The fourth-order valence-corrected chi connectivity index (χ4v) is 2.76. The normalized spacial score (nSPS) is 11.3. The number of benzene rings is 1. The Bertz CT molecular complexity index is 591. The number of nitrogens with one attached hydrogen (secondary N) is 1. The van der Waals surface area contributed by atoms with E-state index in [4.69, 9.17) is 33.5 Å². The Morgan fingerprint density at radius 2 is 1.95 bits per heavy atom. The largest absolute Gasteiger partial charge is 0.360 e. The van der Waals surface area contributed by atoms with Crippen LogP contribution in [0.3, 0.4) is 0 Å². The minimum atomic E-state index is 0.224. The van der Waals surface area contributed by atoms with Crippen molar-refractivity contribution in [3.8, 4) is 11.3 Å². The summed E-state index contributed by atoms with van der Waals surface area (Å²) >= 11 is 12.6. The van der Waals surface area contributed by atoms with Gasteiger partial charge >= 0.3 is 0 Å². The highest BCUT2D eigenvalue weighted by atomic mass is 35.5. The van der Waals surface area contributed by atoms with Crippen LogP contribution in [0.2, 0.25) is 10.0 Å². The average Bonchev–Trinajstić information content (AvgIpc) is 2.83. The standard InChI is InChI=1S/C15H19Cl2N3O/c1-9(2)15-10(8-19-7-6-18)14(20-21-15)13-11(16)4-3-5-12(13)17/h3-5,9,19H,6-8,18H2,1-2H3. The molecule has 0 unspecified atom stereocenters. The van der Waals surface area contributed by atoms with Crippen molar-refractivity contribution in [2.45, 2.75) is 26.3 Å². The van der Waals surface area contributed by atoms with Gasteiger partial charge in [-0.25, -0.2) is 0 Å². The van der Waals surface area contributed by atoms with Gasteiger partial charge in [0.25, 0.3) is 0 Å². The van der Waals surface area contributed by atoms with Crippen molar-refractivity contribution in [1.29, 1.82) is 0 Å². The summed E-state index contributed by atoms with van der Waals surface area (Å²) in [4.78, 5) is 0. The van der Waals surface area contributed by atoms with Gasteiger partial charge < -0.3 is 15.6 Å². The summed E-state index contributed by atoms with van der Waals surface area (Å²) in [5.41, 5.74) is 7.90. The molecule has 3 N–H and O–H groups in total. The summed E-state index contributed by atoms with van der Waals surface area (Å²) in [6.45, 7) is 6.03. The molecule has 0 aliphatic rings. The molecule has 2 aromatic rings. The van der Waals surface area contributed by atoms with E-state index in [1.165, 1.54) is 0 Å². The van der Waals surface area contributed by atoms with Gasteiger partial charge in [-0.1, -0.05) is 48.3 Å². The first kappa shape index (κ1) is 16.3. The van der Waals surface area contributed by atoms with E-state index in [0.717, 1.165) is 17.9 Å². The third kappa shape index (κ3) is 3.58. The summed E-state index contributed by atoms with van der Waals surface area (Å²) in [6, 6.07) is 5.40. The second kappa shape index (κ2) is 7.27. The van der Waals surface area contributed by atoms with Gasteiger partial charge in [-0.2, -0.15) is 0 Å². The number of hydrogen-bond donors (Lipinski definition) is 2. The molecule has 0 radical (unpaired) electrons. The first-order chi connectivity index (χ1) is 10.1. The number of nitrogens with zero attached hydrogens (tertiary/aromatic N) is 1. The Hall–Kier alpha value is -1.07. The van der Waals surface area contributed by atoms with Crippen LogP contribution in [0, 0.1) is 0 Å². The first-order valence-electron chi connectivity index (χ1n) is 6.89. The van der Waals surface area contributed by atoms with E-state index in [0.29, 0.717) is 34.4 Å². The van der Waals surface area contributed by atoms with Gasteiger partial charge in [0, 0.05) is 36.7 Å². The van der Waals surface area contributed by atoms with Crippen molar-refractivity contribution in [2.75, 3.05) is 13.1 Å². The second-order valence-electron chi connectivity index (χ2n) is 5.09. The number of halogens is 2. The molecule has 0 amide bonds. The summed E-state index contributed by atoms with van der Waals surface area (Å²) in [5, 5.41) is 8.59. The molecule has 0 saturated heterocycles. The molecule has 0 bridgehead atoms. The Labute approximate surface area is 134 Å². The number of nitrogens with two attached hydrogens (primary N) is 1. The maximum Gasteiger partial charge on any atom is 0.144 e. The van der Waals surface area contributed by atoms with Crippen molar-refractivity contribution in [1.82, 2.24) is 10.5 Å². The summed E-state index contributed by atoms with van der Waals surface area (Å²) in [5.74, 6) is 1.06. The highest BCUT2D eigenvalue weighted by Gasteiger charge is 2.22. The predicted octanol–water partition coefficient (Wildman–Crippen LogP) is 3.82. The smallest absolute Gasteiger partial charge is 0.144 e. The molecule has 0 spiro atoms. The molecule has 0 aliphatic carbocycles. The average molecular weight is 328 g/mol. The van der Waals surface area contributed by atoms with Gasteiger partial charge in [-0.15, -0.1) is 0 Å². The topological polar surface area (TPSA) is 64.1 Å². The van der Waals surface area contributed by atoms with Gasteiger partial charge in [0.05, 0.1) is 10.0 Å². The SMILES string of the molecule is CC(C)c1onc(-c2c(Cl)cccc2Cl)c1CNCCN. The lowest BCUT2D eigenvalue weighted by Crippen LogP contribution is -2.22. The molecule has 1 aromatic carbocycles. The number of hydrogen-bond acceptors (Lipinski definition) is 4. The van der Waals surface area contributed by atoms with E-state index < -0.39 is 0 Å². The first-order valence-corrected chi connectivity index (χ1v) is 7.65. The van der Waals surface area contributed by atoms with Crippen LogP contribution in [0.5, 0.6) is 0 Å². The van der Waals surface area contributed by atoms with Gasteiger partial charge in [-0.05, 0) is 12.1 Å². The zero-order valence-electron chi connectivity index (χ0n) is 12.1. The van der Waals surface area contributed by atoms with E-state index in [1.807, 2.05) is 6.07 Å². The van der Waals surface area contributed by atoms with E-state index >= 15 is 0 Å². The van der Waals surface area contributed by atoms with Gasteiger partial charge in [0.1, 0.15) is 11.5 Å². The van der Waals surface area contributed by atoms with Crippen molar-refractivity contribution < 1.29 is 4.52 Å². The van der Waals surface area contributed by atoms with E-state index in [1.54, 1.807) is 12.1 Å². The quantitative estimate of drug-likeness (QED) is 0.791. The van der Waals surface area contributed by atoms with Crippen molar-refractivity contribution >= 4 is 23.2 Å².